The summed E-state index contributed by atoms with van der Waals surface area (Å²) in [6, 6.07) is 0.0293. The lowest BCUT2D eigenvalue weighted by atomic mass is 10.1. The van der Waals surface area contributed by atoms with Gasteiger partial charge in [-0.25, -0.2) is 4.98 Å². The molecule has 1 aliphatic rings. The lowest BCUT2D eigenvalue weighted by molar-refractivity contribution is -0.133. The van der Waals surface area contributed by atoms with Crippen molar-refractivity contribution in [1.29, 1.82) is 0 Å². The van der Waals surface area contributed by atoms with Crippen LogP contribution in [0.25, 0.3) is 0 Å². The van der Waals surface area contributed by atoms with Crippen LogP contribution in [0.2, 0.25) is 0 Å². The second-order valence-corrected chi connectivity index (χ2v) is 4.78. The fourth-order valence-corrected chi connectivity index (χ4v) is 2.38. The predicted molar refractivity (Wildman–Crippen MR) is 63.8 cm³/mol. The summed E-state index contributed by atoms with van der Waals surface area (Å²) in [6.45, 7) is 0.571. The van der Waals surface area contributed by atoms with Gasteiger partial charge >= 0.3 is 0 Å². The molecule has 1 aliphatic carbocycles. The highest BCUT2D eigenvalue weighted by atomic mass is 32.1. The van der Waals surface area contributed by atoms with E-state index in [0.717, 1.165) is 12.1 Å². The number of carbonyl (C=O) groups excluding carboxylic acids is 1. The van der Waals surface area contributed by atoms with Crippen LogP contribution >= 0.6 is 11.3 Å². The van der Waals surface area contributed by atoms with E-state index in [-0.39, 0.29) is 17.9 Å². The Hall–Kier alpha value is -1.20. The zero-order chi connectivity index (χ0) is 11.5. The van der Waals surface area contributed by atoms with E-state index in [9.17, 15) is 4.79 Å². The van der Waals surface area contributed by atoms with Crippen molar-refractivity contribution >= 4 is 17.2 Å². The van der Waals surface area contributed by atoms with Crippen molar-refractivity contribution in [1.82, 2.24) is 9.88 Å². The maximum Gasteiger partial charge on any atom is 0.229 e. The molecule has 0 saturated heterocycles. The number of nitrogens with zero attached hydrogens (tertiary/aromatic N) is 2. The SMILES string of the molecule is CN(Cc1cscn1)C(=O)C1C=CC(N)C1. The molecule has 1 aromatic heterocycles. The Labute approximate surface area is 98.8 Å². The van der Waals surface area contributed by atoms with Gasteiger partial charge in [-0.2, -0.15) is 0 Å². The van der Waals surface area contributed by atoms with Crippen LogP contribution in [0.4, 0.5) is 0 Å². The molecule has 0 saturated carbocycles. The van der Waals surface area contributed by atoms with Crippen molar-refractivity contribution in [2.45, 2.75) is 19.0 Å². The van der Waals surface area contributed by atoms with Crippen LogP contribution in [0.5, 0.6) is 0 Å². The number of thiazole rings is 1. The summed E-state index contributed by atoms with van der Waals surface area (Å²) < 4.78 is 0. The molecule has 4 nitrogen and oxygen atoms in total. The molecule has 86 valence electrons. The number of carbonyl (C=O) groups is 1. The average molecular weight is 237 g/mol. The second-order valence-electron chi connectivity index (χ2n) is 4.07. The summed E-state index contributed by atoms with van der Waals surface area (Å²) in [5.41, 5.74) is 8.44. The molecule has 0 fully saturated rings. The quantitative estimate of drug-likeness (QED) is 0.798. The lowest BCUT2D eigenvalue weighted by Gasteiger charge is -2.19. The van der Waals surface area contributed by atoms with Gasteiger partial charge in [-0.15, -0.1) is 11.3 Å². The maximum absolute atomic E-state index is 12.0. The number of rotatable bonds is 3. The van der Waals surface area contributed by atoms with E-state index < -0.39 is 0 Å². The summed E-state index contributed by atoms with van der Waals surface area (Å²) in [4.78, 5) is 17.9. The third kappa shape index (κ3) is 2.48. The molecule has 1 aromatic rings. The Morgan fingerprint density at radius 1 is 1.69 bits per heavy atom. The van der Waals surface area contributed by atoms with Crippen LogP contribution < -0.4 is 5.73 Å². The zero-order valence-electron chi connectivity index (χ0n) is 9.17. The highest BCUT2D eigenvalue weighted by molar-refractivity contribution is 7.07. The third-order valence-corrected chi connectivity index (χ3v) is 3.33. The molecule has 0 aliphatic heterocycles. The maximum atomic E-state index is 12.0. The highest BCUT2D eigenvalue weighted by Crippen LogP contribution is 2.19. The first-order valence-electron chi connectivity index (χ1n) is 5.23. The second kappa shape index (κ2) is 4.76. The van der Waals surface area contributed by atoms with Crippen LogP contribution in [0, 0.1) is 5.92 Å². The molecule has 2 rings (SSSR count). The number of hydrogen-bond donors (Lipinski definition) is 1. The van der Waals surface area contributed by atoms with Crippen molar-refractivity contribution in [3.63, 3.8) is 0 Å². The molecule has 0 spiro atoms. The van der Waals surface area contributed by atoms with E-state index in [1.54, 1.807) is 28.8 Å². The van der Waals surface area contributed by atoms with E-state index in [2.05, 4.69) is 4.98 Å². The van der Waals surface area contributed by atoms with Crippen LogP contribution in [-0.2, 0) is 11.3 Å². The fraction of sp³-hybridized carbons (Fsp3) is 0.455. The molecule has 0 aromatic carbocycles. The minimum Gasteiger partial charge on any atom is -0.339 e. The molecule has 1 heterocycles. The number of aromatic nitrogens is 1. The van der Waals surface area contributed by atoms with Gasteiger partial charge in [-0.05, 0) is 6.42 Å². The monoisotopic (exact) mass is 237 g/mol. The van der Waals surface area contributed by atoms with Gasteiger partial charge in [0.1, 0.15) is 0 Å². The molecular formula is C11H15N3OS. The molecule has 5 heteroatoms. The van der Waals surface area contributed by atoms with Gasteiger partial charge in [-0.3, -0.25) is 4.79 Å². The molecular weight excluding hydrogens is 222 g/mol. The number of amides is 1. The van der Waals surface area contributed by atoms with Gasteiger partial charge in [0.05, 0.1) is 23.7 Å². The van der Waals surface area contributed by atoms with Gasteiger partial charge < -0.3 is 10.6 Å². The summed E-state index contributed by atoms with van der Waals surface area (Å²) in [5, 5.41) is 1.96. The average Bonchev–Trinajstić information content (AvgIpc) is 2.88. The minimum atomic E-state index is -0.0568. The van der Waals surface area contributed by atoms with E-state index in [4.69, 9.17) is 5.73 Å². The summed E-state index contributed by atoms with van der Waals surface area (Å²) >= 11 is 1.54. The molecule has 0 radical (unpaired) electrons. The lowest BCUT2D eigenvalue weighted by Crippen LogP contribution is -2.32. The molecule has 0 bridgehead atoms. The highest BCUT2D eigenvalue weighted by Gasteiger charge is 2.25. The Bertz CT molecular complexity index is 388. The van der Waals surface area contributed by atoms with Crippen molar-refractivity contribution in [3.8, 4) is 0 Å². The fourth-order valence-electron chi connectivity index (χ4n) is 1.83. The first-order chi connectivity index (χ1) is 7.66. The smallest absolute Gasteiger partial charge is 0.229 e. The summed E-state index contributed by atoms with van der Waals surface area (Å²) in [5.74, 6) is 0.0656. The van der Waals surface area contributed by atoms with Crippen LogP contribution in [0.3, 0.4) is 0 Å². The van der Waals surface area contributed by atoms with Crippen molar-refractivity contribution < 1.29 is 4.79 Å². The number of hydrogen-bond acceptors (Lipinski definition) is 4. The normalized spacial score (nSPS) is 23.6. The van der Waals surface area contributed by atoms with Gasteiger partial charge in [0.25, 0.3) is 0 Å². The van der Waals surface area contributed by atoms with Crippen LogP contribution in [0.1, 0.15) is 12.1 Å². The third-order valence-electron chi connectivity index (χ3n) is 2.69. The van der Waals surface area contributed by atoms with Gasteiger partial charge in [0.15, 0.2) is 0 Å². The first kappa shape index (κ1) is 11.3. The molecule has 2 atom stereocenters. The molecule has 1 amide bonds. The van der Waals surface area contributed by atoms with Crippen molar-refractivity contribution in [2.24, 2.45) is 11.7 Å². The van der Waals surface area contributed by atoms with Crippen molar-refractivity contribution in [3.05, 3.63) is 28.7 Å². The Morgan fingerprint density at radius 3 is 3.06 bits per heavy atom. The van der Waals surface area contributed by atoms with E-state index in [1.165, 1.54) is 0 Å². The Kier molecular flexibility index (Phi) is 3.36. The van der Waals surface area contributed by atoms with Crippen LogP contribution in [-0.4, -0.2) is 28.9 Å². The van der Waals surface area contributed by atoms with E-state index >= 15 is 0 Å². The Balaban J connectivity index is 1.92. The molecule has 2 unspecified atom stereocenters. The van der Waals surface area contributed by atoms with Gasteiger partial charge in [0, 0.05) is 18.5 Å². The van der Waals surface area contributed by atoms with Gasteiger partial charge in [0.2, 0.25) is 5.91 Å². The standard InChI is InChI=1S/C11H15N3OS/c1-14(5-10-6-16-7-13-10)11(15)8-2-3-9(12)4-8/h2-3,6-9H,4-5,12H2,1H3. The zero-order valence-corrected chi connectivity index (χ0v) is 9.98. The molecule has 2 N–H and O–H groups in total. The predicted octanol–water partition coefficient (Wildman–Crippen LogP) is 1.00. The summed E-state index contributed by atoms with van der Waals surface area (Å²) in [6.07, 6.45) is 4.53. The van der Waals surface area contributed by atoms with Crippen LogP contribution in [0.15, 0.2) is 23.0 Å². The number of nitrogens with two attached hydrogens (primary N) is 1. The topological polar surface area (TPSA) is 59.2 Å². The largest absolute Gasteiger partial charge is 0.339 e. The summed E-state index contributed by atoms with van der Waals surface area (Å²) in [7, 11) is 1.80. The molecule has 16 heavy (non-hydrogen) atoms. The van der Waals surface area contributed by atoms with E-state index in [1.807, 2.05) is 17.5 Å². The van der Waals surface area contributed by atoms with E-state index in [0.29, 0.717) is 6.54 Å². The van der Waals surface area contributed by atoms with Crippen molar-refractivity contribution in [2.75, 3.05) is 7.05 Å². The first-order valence-corrected chi connectivity index (χ1v) is 6.17. The minimum absolute atomic E-state index is 0.0293. The Morgan fingerprint density at radius 2 is 2.50 bits per heavy atom. The van der Waals surface area contributed by atoms with Gasteiger partial charge in [-0.1, -0.05) is 12.2 Å².